The maximum absolute atomic E-state index is 12.3. The van der Waals surface area contributed by atoms with E-state index in [1.54, 1.807) is 22.2 Å². The van der Waals surface area contributed by atoms with Crippen LogP contribution in [0, 0.1) is 0 Å². The smallest absolute Gasteiger partial charge is 0.286 e. The van der Waals surface area contributed by atoms with Crippen molar-refractivity contribution in [1.29, 1.82) is 0 Å². The zero-order valence-electron chi connectivity index (χ0n) is 19.1. The third-order valence-corrected chi connectivity index (χ3v) is 5.94. The number of anilines is 2. The van der Waals surface area contributed by atoms with Crippen molar-refractivity contribution >= 4 is 23.2 Å². The number of hydrogen-bond donors (Lipinski definition) is 3. The van der Waals surface area contributed by atoms with Crippen LogP contribution in [0.25, 0.3) is 0 Å². The van der Waals surface area contributed by atoms with Crippen molar-refractivity contribution in [3.05, 3.63) is 41.6 Å². The van der Waals surface area contributed by atoms with Gasteiger partial charge in [-0.2, -0.15) is 5.10 Å². The molecule has 1 atom stereocenters. The van der Waals surface area contributed by atoms with Crippen LogP contribution >= 0.6 is 0 Å². The van der Waals surface area contributed by atoms with Gasteiger partial charge in [-0.25, -0.2) is 4.98 Å². The first-order valence-corrected chi connectivity index (χ1v) is 11.1. The molecule has 1 saturated heterocycles. The van der Waals surface area contributed by atoms with Gasteiger partial charge in [-0.05, 0) is 36.6 Å². The lowest BCUT2D eigenvalue weighted by atomic mass is 9.97. The van der Waals surface area contributed by atoms with E-state index in [2.05, 4.69) is 15.0 Å². The molecule has 176 valence electrons. The summed E-state index contributed by atoms with van der Waals surface area (Å²) < 4.78 is 5.41. The van der Waals surface area contributed by atoms with Crippen molar-refractivity contribution in [2.75, 3.05) is 42.6 Å². The summed E-state index contributed by atoms with van der Waals surface area (Å²) in [6, 6.07) is 6.84. The Balaban J connectivity index is 1.77. The van der Waals surface area contributed by atoms with Crippen LogP contribution in [0.3, 0.4) is 0 Å². The summed E-state index contributed by atoms with van der Waals surface area (Å²) >= 11 is 0. The molecule has 1 unspecified atom stereocenters. The summed E-state index contributed by atoms with van der Waals surface area (Å²) in [7, 11) is 0. The van der Waals surface area contributed by atoms with Gasteiger partial charge in [0.25, 0.3) is 5.91 Å². The van der Waals surface area contributed by atoms with E-state index in [9.17, 15) is 15.0 Å². The maximum Gasteiger partial charge on any atom is 0.286 e. The van der Waals surface area contributed by atoms with Gasteiger partial charge in [-0.15, -0.1) is 0 Å². The van der Waals surface area contributed by atoms with Crippen LogP contribution in [0.1, 0.15) is 44.0 Å². The highest BCUT2D eigenvalue weighted by molar-refractivity contribution is 6.43. The average Bonchev–Trinajstić information content (AvgIpc) is 3.19. The van der Waals surface area contributed by atoms with E-state index < -0.39 is 12.1 Å². The Morgan fingerprint density at radius 2 is 1.94 bits per heavy atom. The number of phenols is 2. The molecule has 0 spiro atoms. The van der Waals surface area contributed by atoms with Crippen LogP contribution in [0.4, 0.5) is 11.5 Å². The van der Waals surface area contributed by atoms with E-state index >= 15 is 0 Å². The second-order valence-electron chi connectivity index (χ2n) is 8.39. The first-order valence-electron chi connectivity index (χ1n) is 11.1. The lowest BCUT2D eigenvalue weighted by Crippen LogP contribution is -2.41. The lowest BCUT2D eigenvalue weighted by molar-refractivity contribution is -0.112. The largest absolute Gasteiger partial charge is 0.508 e. The molecule has 2 aromatic rings. The molecule has 4 rings (SSSR count). The summed E-state index contributed by atoms with van der Waals surface area (Å²) in [5.74, 6) is 0.144. The normalized spacial score (nSPS) is 18.7. The number of hydrazone groups is 1. The number of carbonyl (C=O) groups is 1. The number of nitrogens with two attached hydrogens (primary N) is 1. The Hall–Kier alpha value is -3.53. The minimum Gasteiger partial charge on any atom is -0.508 e. The number of aromatic nitrogens is 1. The molecule has 2 aliphatic heterocycles. The number of pyridine rings is 1. The van der Waals surface area contributed by atoms with E-state index in [-0.39, 0.29) is 23.3 Å². The number of nitrogens with zero attached hydrogens (tertiary/aromatic N) is 5. The molecule has 0 saturated carbocycles. The van der Waals surface area contributed by atoms with Crippen LogP contribution in [-0.4, -0.2) is 64.8 Å². The number of primary amides is 1. The van der Waals surface area contributed by atoms with Gasteiger partial charge in [0.1, 0.15) is 17.3 Å². The topological polar surface area (TPSA) is 128 Å². The summed E-state index contributed by atoms with van der Waals surface area (Å²) in [6.45, 7) is 9.11. The van der Waals surface area contributed by atoms with E-state index in [1.807, 2.05) is 32.9 Å². The highest BCUT2D eigenvalue weighted by atomic mass is 16.5. The molecule has 1 aromatic carbocycles. The molecule has 0 aliphatic carbocycles. The second-order valence-corrected chi connectivity index (χ2v) is 8.39. The monoisotopic (exact) mass is 454 g/mol. The zero-order valence-corrected chi connectivity index (χ0v) is 19.1. The van der Waals surface area contributed by atoms with E-state index in [0.717, 1.165) is 18.9 Å². The molecule has 3 heterocycles. The highest BCUT2D eigenvalue weighted by Crippen LogP contribution is 2.42. The van der Waals surface area contributed by atoms with Crippen molar-refractivity contribution in [3.63, 3.8) is 0 Å². The first kappa shape index (κ1) is 22.7. The molecule has 1 fully saturated rings. The standard InChI is InChI=1S/C23H30N6O4/c1-4-28-23(17-11-16(14(2)3)18(30)12-19(17)31)29(22(26-28)21(24)32)15-5-6-20(25-13-15)27-7-9-33-10-8-27/h5-6,11-14,23,30-31H,4,7-10H2,1-3H3,(H2,24,32). The summed E-state index contributed by atoms with van der Waals surface area (Å²) in [5, 5.41) is 27.2. The van der Waals surface area contributed by atoms with Crippen LogP contribution < -0.4 is 15.5 Å². The number of rotatable bonds is 6. The van der Waals surface area contributed by atoms with Gasteiger partial charge < -0.3 is 25.6 Å². The summed E-state index contributed by atoms with van der Waals surface area (Å²) in [6.07, 6.45) is 1.04. The van der Waals surface area contributed by atoms with Crippen molar-refractivity contribution in [2.45, 2.75) is 32.9 Å². The quantitative estimate of drug-likeness (QED) is 0.605. The molecule has 33 heavy (non-hydrogen) atoms. The minimum atomic E-state index is -0.685. The van der Waals surface area contributed by atoms with Crippen LogP contribution in [0.2, 0.25) is 0 Å². The fourth-order valence-corrected chi connectivity index (χ4v) is 4.23. The Morgan fingerprint density at radius 3 is 2.52 bits per heavy atom. The fraction of sp³-hybridized carbons (Fsp3) is 0.435. The second kappa shape index (κ2) is 9.14. The van der Waals surface area contributed by atoms with Gasteiger partial charge in [0, 0.05) is 31.3 Å². The number of phenolic OH excluding ortho intramolecular Hbond substituents is 2. The molecule has 10 heteroatoms. The van der Waals surface area contributed by atoms with E-state index in [1.165, 1.54) is 6.07 Å². The van der Waals surface area contributed by atoms with Gasteiger partial charge >= 0.3 is 0 Å². The molecule has 10 nitrogen and oxygen atoms in total. The van der Waals surface area contributed by atoms with Gasteiger partial charge in [-0.1, -0.05) is 13.8 Å². The Kier molecular flexibility index (Phi) is 6.28. The zero-order chi connectivity index (χ0) is 23.7. The molecule has 0 bridgehead atoms. The molecule has 2 aliphatic rings. The molecule has 1 aromatic heterocycles. The van der Waals surface area contributed by atoms with Crippen LogP contribution in [0.15, 0.2) is 35.6 Å². The number of carbonyl (C=O) groups excluding carboxylic acids is 1. The van der Waals surface area contributed by atoms with Crippen molar-refractivity contribution in [2.24, 2.45) is 10.8 Å². The van der Waals surface area contributed by atoms with E-state index in [0.29, 0.717) is 36.6 Å². The SMILES string of the molecule is CCN1N=C(C(N)=O)N(c2ccc(N3CCOCC3)nc2)C1c1cc(C(C)C)c(O)cc1O. The van der Waals surface area contributed by atoms with Gasteiger partial charge in [0.05, 0.1) is 25.1 Å². The minimum absolute atomic E-state index is 0.0198. The molecule has 4 N–H and O–H groups in total. The predicted octanol–water partition coefficient (Wildman–Crippen LogP) is 2.09. The van der Waals surface area contributed by atoms with Crippen molar-refractivity contribution < 1.29 is 19.7 Å². The van der Waals surface area contributed by atoms with Gasteiger partial charge in [0.15, 0.2) is 6.17 Å². The first-order chi connectivity index (χ1) is 15.8. The van der Waals surface area contributed by atoms with Gasteiger partial charge in [0.2, 0.25) is 5.84 Å². The Bertz CT molecular complexity index is 1050. The number of aromatic hydroxyl groups is 2. The number of ether oxygens (including phenoxy) is 1. The molecule has 0 radical (unpaired) electrons. The number of benzene rings is 1. The predicted molar refractivity (Wildman–Crippen MR) is 125 cm³/mol. The van der Waals surface area contributed by atoms with Crippen LogP contribution in [0.5, 0.6) is 11.5 Å². The van der Waals surface area contributed by atoms with E-state index in [4.69, 9.17) is 10.5 Å². The number of amides is 1. The maximum atomic E-state index is 12.3. The summed E-state index contributed by atoms with van der Waals surface area (Å²) in [4.78, 5) is 20.7. The molecule has 1 amide bonds. The van der Waals surface area contributed by atoms with Crippen molar-refractivity contribution in [1.82, 2.24) is 9.99 Å². The fourth-order valence-electron chi connectivity index (χ4n) is 4.23. The average molecular weight is 455 g/mol. The third kappa shape index (κ3) is 4.25. The highest BCUT2D eigenvalue weighted by Gasteiger charge is 2.40. The number of morpholine rings is 1. The van der Waals surface area contributed by atoms with Gasteiger partial charge in [-0.3, -0.25) is 14.7 Å². The number of amidine groups is 1. The lowest BCUT2D eigenvalue weighted by Gasteiger charge is -2.32. The van der Waals surface area contributed by atoms with Crippen molar-refractivity contribution in [3.8, 4) is 11.5 Å². The molecular weight excluding hydrogens is 424 g/mol. The number of hydrogen-bond acceptors (Lipinski definition) is 9. The Morgan fingerprint density at radius 1 is 1.21 bits per heavy atom. The summed E-state index contributed by atoms with van der Waals surface area (Å²) in [5.41, 5.74) is 7.50. The van der Waals surface area contributed by atoms with Crippen LogP contribution in [-0.2, 0) is 9.53 Å². The Labute approximate surface area is 192 Å². The third-order valence-electron chi connectivity index (χ3n) is 5.94. The molecular formula is C23H30N6O4.